The molecule has 0 aliphatic carbocycles. The minimum Gasteiger partial charge on any atom is -0.493 e. The van der Waals surface area contributed by atoms with Crippen molar-refractivity contribution in [3.8, 4) is 11.5 Å². The van der Waals surface area contributed by atoms with Gasteiger partial charge in [0.1, 0.15) is 0 Å². The lowest BCUT2D eigenvalue weighted by atomic mass is 10.2. The molecule has 5 heteroatoms. The van der Waals surface area contributed by atoms with Crippen molar-refractivity contribution in [3.05, 3.63) is 54.4 Å². The van der Waals surface area contributed by atoms with Crippen molar-refractivity contribution >= 4 is 22.9 Å². The molecule has 1 aromatic heterocycles. The molecule has 3 rings (SSSR count). The molecule has 0 aliphatic heterocycles. The van der Waals surface area contributed by atoms with E-state index in [-0.39, 0.29) is 0 Å². The average molecular weight is 293 g/mol. The van der Waals surface area contributed by atoms with E-state index in [1.165, 1.54) is 0 Å². The summed E-state index contributed by atoms with van der Waals surface area (Å²) in [6.07, 6.45) is 5.12. The molecule has 0 N–H and O–H groups in total. The number of aliphatic imine (C=N–C) groups is 1. The Morgan fingerprint density at radius 3 is 2.41 bits per heavy atom. The van der Waals surface area contributed by atoms with Crippen molar-refractivity contribution in [2.24, 2.45) is 4.99 Å². The van der Waals surface area contributed by atoms with Crippen LogP contribution in [-0.2, 0) is 0 Å². The van der Waals surface area contributed by atoms with Crippen LogP contribution in [0.2, 0.25) is 0 Å². The number of methoxy groups -OCH3 is 2. The number of aromatic nitrogens is 2. The van der Waals surface area contributed by atoms with Gasteiger partial charge >= 0.3 is 0 Å². The van der Waals surface area contributed by atoms with Crippen LogP contribution in [0, 0.1) is 0 Å². The molecule has 0 radical (unpaired) electrons. The molecule has 2 aromatic carbocycles. The van der Waals surface area contributed by atoms with Gasteiger partial charge in [0.15, 0.2) is 11.5 Å². The Hall–Kier alpha value is -2.95. The number of benzene rings is 2. The minimum atomic E-state index is 0.677. The first-order valence-electron chi connectivity index (χ1n) is 6.77. The summed E-state index contributed by atoms with van der Waals surface area (Å²) in [5, 5.41) is 0. The van der Waals surface area contributed by atoms with E-state index in [4.69, 9.17) is 9.47 Å². The van der Waals surface area contributed by atoms with Gasteiger partial charge in [0.25, 0.3) is 0 Å². The molecule has 0 saturated heterocycles. The van der Waals surface area contributed by atoms with E-state index in [0.29, 0.717) is 11.5 Å². The van der Waals surface area contributed by atoms with Gasteiger partial charge in [0.2, 0.25) is 0 Å². The van der Waals surface area contributed by atoms with Crippen LogP contribution < -0.4 is 9.47 Å². The van der Waals surface area contributed by atoms with Crippen LogP contribution in [0.25, 0.3) is 11.0 Å². The molecule has 22 heavy (non-hydrogen) atoms. The summed E-state index contributed by atoms with van der Waals surface area (Å²) in [4.78, 5) is 13.0. The van der Waals surface area contributed by atoms with E-state index in [1.54, 1.807) is 32.8 Å². The van der Waals surface area contributed by atoms with Gasteiger partial charge < -0.3 is 9.47 Å². The molecule has 1 heterocycles. The minimum absolute atomic E-state index is 0.677. The molecule has 110 valence electrons. The van der Waals surface area contributed by atoms with E-state index >= 15 is 0 Å². The Kier molecular flexibility index (Phi) is 3.96. The summed E-state index contributed by atoms with van der Waals surface area (Å²) in [5.41, 5.74) is 3.43. The molecular weight excluding hydrogens is 278 g/mol. The maximum Gasteiger partial charge on any atom is 0.161 e. The van der Waals surface area contributed by atoms with Crippen LogP contribution in [0.1, 0.15) is 5.56 Å². The van der Waals surface area contributed by atoms with E-state index in [0.717, 1.165) is 22.3 Å². The molecule has 0 bridgehead atoms. The fourth-order valence-electron chi connectivity index (χ4n) is 2.11. The summed E-state index contributed by atoms with van der Waals surface area (Å²) < 4.78 is 10.5. The Morgan fingerprint density at radius 1 is 0.864 bits per heavy atom. The van der Waals surface area contributed by atoms with Crippen LogP contribution in [0.5, 0.6) is 11.5 Å². The quantitative estimate of drug-likeness (QED) is 0.692. The lowest BCUT2D eigenvalue weighted by molar-refractivity contribution is 0.355. The first-order chi connectivity index (χ1) is 10.8. The van der Waals surface area contributed by atoms with Crippen molar-refractivity contribution in [1.29, 1.82) is 0 Å². The van der Waals surface area contributed by atoms with Gasteiger partial charge in [-0.25, -0.2) is 0 Å². The average Bonchev–Trinajstić information content (AvgIpc) is 2.59. The van der Waals surface area contributed by atoms with Gasteiger partial charge in [-0.1, -0.05) is 0 Å². The Balaban J connectivity index is 1.89. The molecule has 0 unspecified atom stereocenters. The predicted molar refractivity (Wildman–Crippen MR) is 86.3 cm³/mol. The third kappa shape index (κ3) is 2.88. The zero-order chi connectivity index (χ0) is 15.4. The number of nitrogens with zero attached hydrogens (tertiary/aromatic N) is 3. The highest BCUT2D eigenvalue weighted by atomic mass is 16.5. The van der Waals surface area contributed by atoms with Gasteiger partial charge in [-0.05, 0) is 42.0 Å². The summed E-state index contributed by atoms with van der Waals surface area (Å²) in [7, 11) is 3.22. The predicted octanol–water partition coefficient (Wildman–Crippen LogP) is 3.40. The normalized spacial score (nSPS) is 11.0. The lowest BCUT2D eigenvalue weighted by Crippen LogP contribution is -1.91. The summed E-state index contributed by atoms with van der Waals surface area (Å²) in [5.74, 6) is 1.37. The van der Waals surface area contributed by atoms with Gasteiger partial charge in [0.05, 0.1) is 30.9 Å². The molecule has 0 fully saturated rings. The van der Waals surface area contributed by atoms with Gasteiger partial charge in [-0.2, -0.15) is 0 Å². The second kappa shape index (κ2) is 6.22. The van der Waals surface area contributed by atoms with Crippen molar-refractivity contribution in [2.45, 2.75) is 0 Å². The molecule has 0 saturated carbocycles. The molecule has 0 spiro atoms. The first-order valence-corrected chi connectivity index (χ1v) is 6.77. The van der Waals surface area contributed by atoms with E-state index in [9.17, 15) is 0 Å². The fourth-order valence-corrected chi connectivity index (χ4v) is 2.11. The van der Waals surface area contributed by atoms with Gasteiger partial charge in [0, 0.05) is 18.6 Å². The molecule has 3 aromatic rings. The molecule has 5 nitrogen and oxygen atoms in total. The zero-order valence-corrected chi connectivity index (χ0v) is 12.4. The third-order valence-electron chi connectivity index (χ3n) is 3.22. The molecule has 0 aliphatic rings. The second-order valence-electron chi connectivity index (χ2n) is 4.60. The van der Waals surface area contributed by atoms with E-state index in [2.05, 4.69) is 15.0 Å². The maximum absolute atomic E-state index is 5.28. The third-order valence-corrected chi connectivity index (χ3v) is 3.22. The van der Waals surface area contributed by atoms with E-state index in [1.807, 2.05) is 36.4 Å². The molecular formula is C17H15N3O2. The number of fused-ring (bicyclic) bond motifs is 1. The Labute approximate surface area is 128 Å². The zero-order valence-electron chi connectivity index (χ0n) is 12.4. The van der Waals surface area contributed by atoms with Crippen LogP contribution >= 0.6 is 0 Å². The topological polar surface area (TPSA) is 56.6 Å². The summed E-state index contributed by atoms with van der Waals surface area (Å²) >= 11 is 0. The van der Waals surface area contributed by atoms with Crippen LogP contribution in [0.15, 0.2) is 53.8 Å². The Bertz CT molecular complexity index is 831. The summed E-state index contributed by atoms with van der Waals surface area (Å²) in [6, 6.07) is 11.4. The highest BCUT2D eigenvalue weighted by molar-refractivity contribution is 5.85. The maximum atomic E-state index is 5.28. The smallest absolute Gasteiger partial charge is 0.161 e. The largest absolute Gasteiger partial charge is 0.493 e. The van der Waals surface area contributed by atoms with Crippen molar-refractivity contribution in [2.75, 3.05) is 14.2 Å². The second-order valence-corrected chi connectivity index (χ2v) is 4.60. The van der Waals surface area contributed by atoms with Crippen molar-refractivity contribution in [3.63, 3.8) is 0 Å². The number of rotatable bonds is 4. The van der Waals surface area contributed by atoms with Crippen LogP contribution in [-0.4, -0.2) is 30.4 Å². The molecule has 0 amide bonds. The molecule has 0 atom stereocenters. The van der Waals surface area contributed by atoms with Gasteiger partial charge in [-0.3, -0.25) is 15.0 Å². The first kappa shape index (κ1) is 14.0. The highest BCUT2D eigenvalue weighted by Gasteiger charge is 2.03. The summed E-state index contributed by atoms with van der Waals surface area (Å²) in [6.45, 7) is 0. The highest BCUT2D eigenvalue weighted by Crippen LogP contribution is 2.27. The number of ether oxygens (including phenoxy) is 2. The SMILES string of the molecule is COc1ccc(C=Nc2ccc3nccnc3c2)cc1OC. The van der Waals surface area contributed by atoms with Crippen molar-refractivity contribution < 1.29 is 9.47 Å². The standard InChI is InChI=1S/C17H15N3O2/c1-21-16-6-3-12(9-17(16)22-2)11-20-13-4-5-14-15(10-13)19-8-7-18-14/h3-11H,1-2H3. The van der Waals surface area contributed by atoms with Crippen LogP contribution in [0.3, 0.4) is 0 Å². The van der Waals surface area contributed by atoms with E-state index < -0.39 is 0 Å². The lowest BCUT2D eigenvalue weighted by Gasteiger charge is -2.07. The van der Waals surface area contributed by atoms with Crippen molar-refractivity contribution in [1.82, 2.24) is 9.97 Å². The van der Waals surface area contributed by atoms with Gasteiger partial charge in [-0.15, -0.1) is 0 Å². The Morgan fingerprint density at radius 2 is 1.64 bits per heavy atom. The number of hydrogen-bond donors (Lipinski definition) is 0. The monoisotopic (exact) mass is 293 g/mol. The van der Waals surface area contributed by atoms with Crippen LogP contribution in [0.4, 0.5) is 5.69 Å². The fraction of sp³-hybridized carbons (Fsp3) is 0.118. The number of hydrogen-bond acceptors (Lipinski definition) is 5.